The Balaban J connectivity index is 2.18. The highest BCUT2D eigenvalue weighted by Gasteiger charge is 2.64. The smallest absolute Gasteiger partial charge is 0.228 e. The summed E-state index contributed by atoms with van der Waals surface area (Å²) in [5, 5.41) is 0. The Kier molecular flexibility index (Phi) is 3.24. The molecule has 2 nitrogen and oxygen atoms in total. The third-order valence-corrected chi connectivity index (χ3v) is 8.74. The standard InChI is InChI=1S/C17H27NOSi/c1-10-5-6-11(2)14(10)17(16(18)19)13-8-7-12(9-13)15(17)20(3)4/h5-6,10,12-13,15,20H,7-9H2,1-4H3,(H2,18,19). The number of carbonyl (C=O) groups excluding carboxylic acids is 1. The van der Waals surface area contributed by atoms with Crippen molar-refractivity contribution < 1.29 is 4.79 Å². The summed E-state index contributed by atoms with van der Waals surface area (Å²) in [6.45, 7) is 9.22. The van der Waals surface area contributed by atoms with E-state index >= 15 is 0 Å². The van der Waals surface area contributed by atoms with E-state index in [-0.39, 0.29) is 11.3 Å². The largest absolute Gasteiger partial charge is 0.369 e. The van der Waals surface area contributed by atoms with E-state index in [9.17, 15) is 4.79 Å². The molecule has 110 valence electrons. The van der Waals surface area contributed by atoms with Crippen molar-refractivity contribution in [2.75, 3.05) is 0 Å². The van der Waals surface area contributed by atoms with Gasteiger partial charge in [-0.2, -0.15) is 0 Å². The maximum atomic E-state index is 12.7. The van der Waals surface area contributed by atoms with Crippen LogP contribution in [0.2, 0.25) is 18.6 Å². The molecule has 2 N–H and O–H groups in total. The van der Waals surface area contributed by atoms with Gasteiger partial charge in [-0.1, -0.05) is 44.2 Å². The van der Waals surface area contributed by atoms with E-state index in [0.717, 1.165) is 5.92 Å². The zero-order chi connectivity index (χ0) is 14.7. The highest BCUT2D eigenvalue weighted by atomic mass is 28.3. The summed E-state index contributed by atoms with van der Waals surface area (Å²) < 4.78 is 0. The first kappa shape index (κ1) is 14.1. The van der Waals surface area contributed by atoms with Gasteiger partial charge in [-0.3, -0.25) is 4.79 Å². The predicted octanol–water partition coefficient (Wildman–Crippen LogP) is 3.27. The van der Waals surface area contributed by atoms with Crippen molar-refractivity contribution in [3.8, 4) is 0 Å². The van der Waals surface area contributed by atoms with Crippen molar-refractivity contribution in [1.29, 1.82) is 0 Å². The molecule has 2 bridgehead atoms. The Morgan fingerprint density at radius 2 is 2.10 bits per heavy atom. The van der Waals surface area contributed by atoms with Crippen molar-refractivity contribution in [2.24, 2.45) is 28.9 Å². The molecule has 5 unspecified atom stereocenters. The normalized spacial score (nSPS) is 43.0. The SMILES string of the molecule is CC1=C(C2(C(N)=O)C3CCC(C3)C2[SiH](C)C)C(C)C=C1. The van der Waals surface area contributed by atoms with E-state index in [1.54, 1.807) is 0 Å². The fourth-order valence-electron chi connectivity index (χ4n) is 5.90. The number of amides is 1. The fourth-order valence-corrected chi connectivity index (χ4v) is 9.01. The molecule has 0 aromatic carbocycles. The van der Waals surface area contributed by atoms with Gasteiger partial charge in [0.25, 0.3) is 0 Å². The summed E-state index contributed by atoms with van der Waals surface area (Å²) in [5.74, 6) is 1.63. The molecule has 0 radical (unpaired) electrons. The number of primary amides is 1. The summed E-state index contributed by atoms with van der Waals surface area (Å²) in [6.07, 6.45) is 8.22. The van der Waals surface area contributed by atoms with Gasteiger partial charge in [0, 0.05) is 8.80 Å². The molecular weight excluding hydrogens is 262 g/mol. The number of nitrogens with two attached hydrogens (primary N) is 1. The van der Waals surface area contributed by atoms with Gasteiger partial charge in [0.2, 0.25) is 5.91 Å². The molecule has 0 saturated heterocycles. The van der Waals surface area contributed by atoms with Crippen LogP contribution in [0.5, 0.6) is 0 Å². The molecule has 0 aromatic heterocycles. The van der Waals surface area contributed by atoms with Crippen LogP contribution >= 0.6 is 0 Å². The van der Waals surface area contributed by atoms with Gasteiger partial charge in [-0.25, -0.2) is 0 Å². The lowest BCUT2D eigenvalue weighted by Crippen LogP contribution is -2.50. The van der Waals surface area contributed by atoms with Crippen LogP contribution in [0.15, 0.2) is 23.3 Å². The van der Waals surface area contributed by atoms with Crippen molar-refractivity contribution >= 4 is 14.7 Å². The van der Waals surface area contributed by atoms with Gasteiger partial charge in [-0.15, -0.1) is 0 Å². The first-order valence-electron chi connectivity index (χ1n) is 8.10. The minimum atomic E-state index is -0.923. The van der Waals surface area contributed by atoms with Crippen molar-refractivity contribution in [3.63, 3.8) is 0 Å². The van der Waals surface area contributed by atoms with Gasteiger partial charge in [-0.05, 0) is 48.6 Å². The third kappa shape index (κ3) is 1.59. The van der Waals surface area contributed by atoms with Crippen LogP contribution in [-0.2, 0) is 4.79 Å². The quantitative estimate of drug-likeness (QED) is 0.796. The van der Waals surface area contributed by atoms with Gasteiger partial charge < -0.3 is 5.73 Å². The predicted molar refractivity (Wildman–Crippen MR) is 86.1 cm³/mol. The molecule has 2 fully saturated rings. The second-order valence-electron chi connectivity index (χ2n) is 7.52. The van der Waals surface area contributed by atoms with E-state index < -0.39 is 8.80 Å². The number of allylic oxidation sites excluding steroid dienone is 3. The summed E-state index contributed by atoms with van der Waals surface area (Å²) in [6, 6.07) is 0. The zero-order valence-electron chi connectivity index (χ0n) is 13.1. The van der Waals surface area contributed by atoms with Crippen LogP contribution < -0.4 is 5.73 Å². The highest BCUT2D eigenvalue weighted by molar-refractivity contribution is 6.58. The number of rotatable bonds is 3. The lowest BCUT2D eigenvalue weighted by Gasteiger charge is -2.46. The second-order valence-corrected chi connectivity index (χ2v) is 10.7. The fraction of sp³-hybridized carbons (Fsp3) is 0.706. The minimum Gasteiger partial charge on any atom is -0.369 e. The van der Waals surface area contributed by atoms with Gasteiger partial charge >= 0.3 is 0 Å². The number of fused-ring (bicyclic) bond motifs is 2. The molecule has 3 aliphatic rings. The first-order chi connectivity index (χ1) is 9.40. The monoisotopic (exact) mass is 289 g/mol. The van der Waals surface area contributed by atoms with Crippen LogP contribution in [0.1, 0.15) is 33.1 Å². The van der Waals surface area contributed by atoms with Crippen LogP contribution in [0, 0.1) is 23.2 Å². The zero-order valence-corrected chi connectivity index (χ0v) is 14.3. The lowest BCUT2D eigenvalue weighted by atomic mass is 9.63. The van der Waals surface area contributed by atoms with Crippen LogP contribution in [-0.4, -0.2) is 14.7 Å². The molecule has 0 aromatic rings. The Morgan fingerprint density at radius 1 is 1.40 bits per heavy atom. The topological polar surface area (TPSA) is 43.1 Å². The van der Waals surface area contributed by atoms with E-state index in [4.69, 9.17) is 5.73 Å². The summed E-state index contributed by atoms with van der Waals surface area (Å²) in [4.78, 5) is 12.7. The molecule has 0 spiro atoms. The molecule has 2 saturated carbocycles. The first-order valence-corrected chi connectivity index (χ1v) is 11.1. The number of hydrogen-bond acceptors (Lipinski definition) is 1. The van der Waals surface area contributed by atoms with Gasteiger partial charge in [0.15, 0.2) is 0 Å². The summed E-state index contributed by atoms with van der Waals surface area (Å²) in [7, 11) is -0.923. The van der Waals surface area contributed by atoms with Crippen LogP contribution in [0.25, 0.3) is 0 Å². The van der Waals surface area contributed by atoms with E-state index in [0.29, 0.717) is 17.4 Å². The maximum absolute atomic E-state index is 12.7. The Labute approximate surface area is 124 Å². The van der Waals surface area contributed by atoms with Crippen molar-refractivity contribution in [1.82, 2.24) is 0 Å². The Morgan fingerprint density at radius 3 is 2.60 bits per heavy atom. The Hall–Kier alpha value is -0.833. The lowest BCUT2D eigenvalue weighted by molar-refractivity contribution is -0.128. The molecule has 1 amide bonds. The minimum absolute atomic E-state index is 0.0270. The van der Waals surface area contributed by atoms with Gasteiger partial charge in [0.1, 0.15) is 0 Å². The molecule has 5 atom stereocenters. The molecule has 0 aliphatic heterocycles. The van der Waals surface area contributed by atoms with Crippen molar-refractivity contribution in [2.45, 2.75) is 51.7 Å². The van der Waals surface area contributed by atoms with E-state index in [1.807, 2.05) is 0 Å². The van der Waals surface area contributed by atoms with Crippen molar-refractivity contribution in [3.05, 3.63) is 23.3 Å². The average molecular weight is 289 g/mol. The number of hydrogen-bond donors (Lipinski definition) is 1. The number of carbonyl (C=O) groups is 1. The Bertz CT molecular complexity index is 507. The molecular formula is C17H27NOSi. The highest BCUT2D eigenvalue weighted by Crippen LogP contribution is 2.68. The molecule has 0 heterocycles. The van der Waals surface area contributed by atoms with E-state index in [1.165, 1.54) is 30.4 Å². The molecule has 3 aliphatic carbocycles. The van der Waals surface area contributed by atoms with Crippen LogP contribution in [0.3, 0.4) is 0 Å². The summed E-state index contributed by atoms with van der Waals surface area (Å²) in [5.41, 5.74) is 9.03. The maximum Gasteiger partial charge on any atom is 0.228 e. The summed E-state index contributed by atoms with van der Waals surface area (Å²) >= 11 is 0. The average Bonchev–Trinajstić information content (AvgIpc) is 3.02. The van der Waals surface area contributed by atoms with Crippen LogP contribution in [0.4, 0.5) is 0 Å². The molecule has 3 rings (SSSR count). The second kappa shape index (κ2) is 4.59. The molecule has 20 heavy (non-hydrogen) atoms. The third-order valence-electron chi connectivity index (χ3n) is 6.24. The van der Waals surface area contributed by atoms with Gasteiger partial charge in [0.05, 0.1) is 5.41 Å². The molecule has 3 heteroatoms. The van der Waals surface area contributed by atoms with E-state index in [2.05, 4.69) is 39.1 Å².